The molecule has 0 saturated heterocycles. The predicted octanol–water partition coefficient (Wildman–Crippen LogP) is 3.68. The van der Waals surface area contributed by atoms with Crippen LogP contribution in [0.25, 0.3) is 17.2 Å². The summed E-state index contributed by atoms with van der Waals surface area (Å²) in [6, 6.07) is 7.12. The first-order chi connectivity index (χ1) is 13.6. The summed E-state index contributed by atoms with van der Waals surface area (Å²) in [4.78, 5) is 24.5. The molecule has 0 aromatic carbocycles. The van der Waals surface area contributed by atoms with Gasteiger partial charge in [-0.2, -0.15) is 4.52 Å². The SMILES string of the molecule is C=Nc1cc(C(=O)NCC2=CC=CC(C)C2Br)cc2nc(-c3ccc[nH]3)nn12. The minimum atomic E-state index is -0.195. The number of aliphatic imine (C=N–C) groups is 1. The highest BCUT2D eigenvalue weighted by Gasteiger charge is 2.20. The maximum atomic E-state index is 12.7. The van der Waals surface area contributed by atoms with Crippen molar-refractivity contribution in [3.8, 4) is 11.5 Å². The van der Waals surface area contributed by atoms with E-state index in [9.17, 15) is 4.79 Å². The van der Waals surface area contributed by atoms with Crippen LogP contribution in [-0.4, -0.2) is 43.6 Å². The van der Waals surface area contributed by atoms with Crippen LogP contribution in [0.5, 0.6) is 0 Å². The second kappa shape index (κ2) is 7.55. The highest BCUT2D eigenvalue weighted by atomic mass is 79.9. The Hall–Kier alpha value is -3.00. The van der Waals surface area contributed by atoms with E-state index in [4.69, 9.17) is 0 Å². The molecular formula is C20H19BrN6O. The number of carbonyl (C=O) groups is 1. The fourth-order valence-corrected chi connectivity index (χ4v) is 3.61. The lowest BCUT2D eigenvalue weighted by Gasteiger charge is -2.22. The molecule has 1 amide bonds. The van der Waals surface area contributed by atoms with Gasteiger partial charge >= 0.3 is 0 Å². The van der Waals surface area contributed by atoms with Gasteiger partial charge in [0.2, 0.25) is 0 Å². The Morgan fingerprint density at radius 3 is 3.07 bits per heavy atom. The zero-order valence-corrected chi connectivity index (χ0v) is 16.8. The number of amides is 1. The van der Waals surface area contributed by atoms with Gasteiger partial charge in [-0.05, 0) is 42.5 Å². The number of nitrogens with zero attached hydrogens (tertiary/aromatic N) is 4. The number of rotatable bonds is 5. The summed E-state index contributed by atoms with van der Waals surface area (Å²) in [5.74, 6) is 1.18. The van der Waals surface area contributed by atoms with Crippen LogP contribution in [0.2, 0.25) is 0 Å². The Morgan fingerprint density at radius 2 is 2.32 bits per heavy atom. The Balaban J connectivity index is 1.59. The van der Waals surface area contributed by atoms with Crippen molar-refractivity contribution in [3.05, 3.63) is 59.8 Å². The third kappa shape index (κ3) is 3.43. The van der Waals surface area contributed by atoms with Crippen LogP contribution in [0.1, 0.15) is 17.3 Å². The number of hydrogen-bond acceptors (Lipinski definition) is 4. The molecule has 3 heterocycles. The third-order valence-corrected chi connectivity index (χ3v) is 6.10. The quantitative estimate of drug-likeness (QED) is 0.470. The number of aromatic amines is 1. The average Bonchev–Trinajstić information content (AvgIpc) is 3.37. The largest absolute Gasteiger partial charge is 0.359 e. The second-order valence-corrected chi connectivity index (χ2v) is 7.61. The van der Waals surface area contributed by atoms with Gasteiger partial charge in [0.25, 0.3) is 5.91 Å². The van der Waals surface area contributed by atoms with Crippen molar-refractivity contribution in [1.29, 1.82) is 0 Å². The van der Waals surface area contributed by atoms with Crippen LogP contribution >= 0.6 is 15.9 Å². The Labute approximate surface area is 170 Å². The topological polar surface area (TPSA) is 87.4 Å². The van der Waals surface area contributed by atoms with Gasteiger partial charge in [0, 0.05) is 23.1 Å². The molecule has 1 aliphatic rings. The van der Waals surface area contributed by atoms with E-state index in [0.29, 0.717) is 35.3 Å². The molecule has 4 rings (SSSR count). The summed E-state index contributed by atoms with van der Waals surface area (Å²) in [5, 5.41) is 7.42. The molecule has 3 aromatic rings. The molecule has 3 aromatic heterocycles. The maximum Gasteiger partial charge on any atom is 0.251 e. The highest BCUT2D eigenvalue weighted by molar-refractivity contribution is 9.09. The molecule has 0 saturated carbocycles. The normalized spacial score (nSPS) is 18.9. The zero-order chi connectivity index (χ0) is 19.7. The van der Waals surface area contributed by atoms with E-state index in [1.807, 2.05) is 24.3 Å². The van der Waals surface area contributed by atoms with Crippen molar-refractivity contribution in [1.82, 2.24) is 24.9 Å². The molecule has 28 heavy (non-hydrogen) atoms. The summed E-state index contributed by atoms with van der Waals surface area (Å²) in [5.41, 5.74) is 2.92. The second-order valence-electron chi connectivity index (χ2n) is 6.62. The van der Waals surface area contributed by atoms with Crippen LogP contribution in [0.4, 0.5) is 5.82 Å². The molecule has 0 bridgehead atoms. The Morgan fingerprint density at radius 1 is 1.46 bits per heavy atom. The van der Waals surface area contributed by atoms with Gasteiger partial charge in [0.15, 0.2) is 17.3 Å². The summed E-state index contributed by atoms with van der Waals surface area (Å²) in [7, 11) is 0. The lowest BCUT2D eigenvalue weighted by atomic mass is 9.96. The molecule has 2 N–H and O–H groups in total. The van der Waals surface area contributed by atoms with E-state index in [-0.39, 0.29) is 10.7 Å². The standard InChI is InChI=1S/C20H19BrN6O/c1-12-5-3-6-13(18(12)21)11-24-20(28)14-9-16(22-2)27-17(10-14)25-19(26-27)15-7-4-8-23-15/h3-10,12,18,23H,2,11H2,1H3,(H,24,28). The van der Waals surface area contributed by atoms with Gasteiger partial charge in [-0.25, -0.2) is 9.98 Å². The van der Waals surface area contributed by atoms with Crippen LogP contribution in [-0.2, 0) is 0 Å². The number of aromatic nitrogens is 4. The smallest absolute Gasteiger partial charge is 0.251 e. The number of H-pyrrole nitrogens is 1. The molecular weight excluding hydrogens is 420 g/mol. The van der Waals surface area contributed by atoms with Crippen LogP contribution in [0, 0.1) is 5.92 Å². The van der Waals surface area contributed by atoms with E-state index < -0.39 is 0 Å². The number of pyridine rings is 1. The molecule has 142 valence electrons. The molecule has 0 radical (unpaired) electrons. The number of hydrogen-bond donors (Lipinski definition) is 2. The van der Waals surface area contributed by atoms with Crippen molar-refractivity contribution in [2.45, 2.75) is 11.8 Å². The molecule has 7 nitrogen and oxygen atoms in total. The molecule has 8 heteroatoms. The summed E-state index contributed by atoms with van der Waals surface area (Å²) >= 11 is 3.68. The predicted molar refractivity (Wildman–Crippen MR) is 113 cm³/mol. The summed E-state index contributed by atoms with van der Waals surface area (Å²) < 4.78 is 1.57. The maximum absolute atomic E-state index is 12.7. The van der Waals surface area contributed by atoms with E-state index in [2.05, 4.69) is 61.0 Å². The Kier molecular flexibility index (Phi) is 4.95. The molecule has 2 unspecified atom stereocenters. The lowest BCUT2D eigenvalue weighted by Crippen LogP contribution is -2.30. The van der Waals surface area contributed by atoms with Gasteiger partial charge < -0.3 is 10.3 Å². The van der Waals surface area contributed by atoms with Gasteiger partial charge in [-0.1, -0.05) is 41.1 Å². The number of alkyl halides is 1. The van der Waals surface area contributed by atoms with E-state index in [0.717, 1.165) is 11.3 Å². The first kappa shape index (κ1) is 18.4. The van der Waals surface area contributed by atoms with Crippen molar-refractivity contribution in [2.75, 3.05) is 6.54 Å². The van der Waals surface area contributed by atoms with Crippen molar-refractivity contribution in [3.63, 3.8) is 0 Å². The highest BCUT2D eigenvalue weighted by Crippen LogP contribution is 2.26. The molecule has 0 spiro atoms. The summed E-state index contributed by atoms with van der Waals surface area (Å²) in [6.07, 6.45) is 7.99. The third-order valence-electron chi connectivity index (χ3n) is 4.68. The number of fused-ring (bicyclic) bond motifs is 1. The van der Waals surface area contributed by atoms with Gasteiger partial charge in [-0.3, -0.25) is 4.79 Å². The first-order valence-electron chi connectivity index (χ1n) is 8.87. The number of halogens is 1. The minimum Gasteiger partial charge on any atom is -0.359 e. The van der Waals surface area contributed by atoms with E-state index >= 15 is 0 Å². The monoisotopic (exact) mass is 438 g/mol. The van der Waals surface area contributed by atoms with E-state index in [1.54, 1.807) is 22.8 Å². The van der Waals surface area contributed by atoms with Gasteiger partial charge in [0.1, 0.15) is 0 Å². The molecule has 0 fully saturated rings. The molecule has 1 aliphatic carbocycles. The van der Waals surface area contributed by atoms with Gasteiger partial charge in [-0.15, -0.1) is 5.10 Å². The molecule has 2 atom stereocenters. The zero-order valence-electron chi connectivity index (χ0n) is 15.3. The lowest BCUT2D eigenvalue weighted by molar-refractivity contribution is 0.0956. The van der Waals surface area contributed by atoms with E-state index in [1.165, 1.54) is 0 Å². The Bertz CT molecular complexity index is 1100. The van der Waals surface area contributed by atoms with Crippen LogP contribution in [0.15, 0.2) is 59.3 Å². The van der Waals surface area contributed by atoms with Crippen molar-refractivity contribution < 1.29 is 4.79 Å². The average molecular weight is 439 g/mol. The van der Waals surface area contributed by atoms with Crippen LogP contribution in [0.3, 0.4) is 0 Å². The number of allylic oxidation sites excluding steroid dienone is 3. The number of nitrogens with one attached hydrogen (secondary N) is 2. The minimum absolute atomic E-state index is 0.195. The van der Waals surface area contributed by atoms with Crippen LogP contribution < -0.4 is 5.32 Å². The van der Waals surface area contributed by atoms with Gasteiger partial charge in [0.05, 0.1) is 5.69 Å². The molecule has 0 aliphatic heterocycles. The number of carbonyl (C=O) groups excluding carboxylic acids is 1. The summed E-state index contributed by atoms with van der Waals surface area (Å²) in [6.45, 7) is 6.19. The fraction of sp³-hybridized carbons (Fsp3) is 0.200. The van der Waals surface area contributed by atoms with Crippen molar-refractivity contribution in [2.24, 2.45) is 10.9 Å². The fourth-order valence-electron chi connectivity index (χ4n) is 3.12. The van der Waals surface area contributed by atoms with Crippen molar-refractivity contribution >= 4 is 40.0 Å². The first-order valence-corrected chi connectivity index (χ1v) is 9.79.